The number of methoxy groups -OCH3 is 1. The van der Waals surface area contributed by atoms with E-state index in [0.29, 0.717) is 38.3 Å². The maximum absolute atomic E-state index is 13.3. The van der Waals surface area contributed by atoms with Crippen molar-refractivity contribution in [1.82, 2.24) is 24.3 Å². The second-order valence-electron chi connectivity index (χ2n) is 8.80. The van der Waals surface area contributed by atoms with E-state index in [1.165, 1.54) is 18.3 Å². The van der Waals surface area contributed by atoms with Crippen LogP contribution >= 0.6 is 11.6 Å². The zero-order chi connectivity index (χ0) is 26.3. The molecule has 1 atom stereocenters. The van der Waals surface area contributed by atoms with Crippen molar-refractivity contribution in [3.63, 3.8) is 0 Å². The average molecular weight is 523 g/mol. The number of piperazine rings is 1. The molecule has 1 aliphatic heterocycles. The number of benzene rings is 2. The van der Waals surface area contributed by atoms with Gasteiger partial charge in [-0.15, -0.1) is 0 Å². The highest BCUT2D eigenvalue weighted by Crippen LogP contribution is 2.26. The molecule has 11 nitrogen and oxygen atoms in total. The Morgan fingerprint density at radius 3 is 2.73 bits per heavy atom. The quantitative estimate of drug-likeness (QED) is 0.378. The molecular formula is C25H23ClN6O5. The van der Waals surface area contributed by atoms with Gasteiger partial charge in [-0.3, -0.25) is 9.69 Å². The maximum Gasteiger partial charge on any atom is 0.416 e. The number of hydrogen-bond acceptors (Lipinski definition) is 8. The Morgan fingerprint density at radius 1 is 1.16 bits per heavy atom. The number of carbonyl (C=O) groups is 3. The molecule has 1 fully saturated rings. The van der Waals surface area contributed by atoms with E-state index < -0.39 is 18.1 Å². The average Bonchev–Trinajstić information content (AvgIpc) is 3.22. The molecule has 12 heteroatoms. The van der Waals surface area contributed by atoms with Crippen molar-refractivity contribution in [3.05, 3.63) is 65.1 Å². The standard InChI is InChI=1S/C25H23ClN6O5/c1-37-24(34)21-11-30(10-17-8-15-7-16(26)3-5-20(15)32(17)25(35)36)12-22(33)31(21)9-14-2-4-18-19(6-14)28-13-29-23(18)27/h2-8,13,21H,9-12H2,1H3,(H,35,36)(H2,27,28,29). The monoisotopic (exact) mass is 522 g/mol. The molecule has 4 aromatic rings. The molecule has 1 amide bonds. The molecule has 0 spiro atoms. The fourth-order valence-electron chi connectivity index (χ4n) is 4.75. The number of carboxylic acid groups (broad SMARTS) is 1. The smallest absolute Gasteiger partial charge is 0.416 e. The van der Waals surface area contributed by atoms with Crippen LogP contribution in [0.5, 0.6) is 0 Å². The first-order valence-electron chi connectivity index (χ1n) is 11.4. The Labute approximate surface area is 216 Å². The molecule has 3 N–H and O–H groups in total. The number of ether oxygens (including phenoxy) is 1. The topological polar surface area (TPSA) is 144 Å². The predicted molar refractivity (Wildman–Crippen MR) is 136 cm³/mol. The predicted octanol–water partition coefficient (Wildman–Crippen LogP) is 2.73. The van der Waals surface area contributed by atoms with Gasteiger partial charge in [-0.25, -0.2) is 24.1 Å². The van der Waals surface area contributed by atoms with E-state index in [4.69, 9.17) is 22.1 Å². The van der Waals surface area contributed by atoms with Gasteiger partial charge in [-0.2, -0.15) is 0 Å². The second-order valence-corrected chi connectivity index (χ2v) is 9.23. The van der Waals surface area contributed by atoms with Crippen molar-refractivity contribution in [2.45, 2.75) is 19.1 Å². The number of esters is 1. The molecule has 5 rings (SSSR count). The van der Waals surface area contributed by atoms with Crippen LogP contribution in [-0.2, 0) is 27.4 Å². The van der Waals surface area contributed by atoms with Gasteiger partial charge >= 0.3 is 12.1 Å². The van der Waals surface area contributed by atoms with Gasteiger partial charge < -0.3 is 20.5 Å². The second kappa shape index (κ2) is 9.68. The molecule has 0 bridgehead atoms. The van der Waals surface area contributed by atoms with Gasteiger partial charge in [0.05, 0.1) is 24.7 Å². The highest BCUT2D eigenvalue weighted by Gasteiger charge is 2.38. The number of hydrogen-bond donors (Lipinski definition) is 2. The summed E-state index contributed by atoms with van der Waals surface area (Å²) in [5, 5.41) is 11.7. The maximum atomic E-state index is 13.3. The van der Waals surface area contributed by atoms with Crippen LogP contribution in [0.1, 0.15) is 11.3 Å². The number of nitrogens with two attached hydrogens (primary N) is 1. The van der Waals surface area contributed by atoms with Crippen molar-refractivity contribution in [2.24, 2.45) is 0 Å². The molecule has 3 heterocycles. The molecule has 0 saturated carbocycles. The fourth-order valence-corrected chi connectivity index (χ4v) is 4.93. The van der Waals surface area contributed by atoms with Crippen LogP contribution in [0.25, 0.3) is 21.8 Å². The van der Waals surface area contributed by atoms with Gasteiger partial charge in [-0.1, -0.05) is 17.7 Å². The fraction of sp³-hybridized carbons (Fsp3) is 0.240. The minimum absolute atomic E-state index is 0.00189. The molecule has 1 saturated heterocycles. The molecule has 1 unspecified atom stereocenters. The number of rotatable bonds is 5. The summed E-state index contributed by atoms with van der Waals surface area (Å²) in [4.78, 5) is 49.5. The lowest BCUT2D eigenvalue weighted by Gasteiger charge is -2.39. The van der Waals surface area contributed by atoms with Gasteiger partial charge in [0.1, 0.15) is 18.2 Å². The van der Waals surface area contributed by atoms with Crippen LogP contribution in [0.3, 0.4) is 0 Å². The van der Waals surface area contributed by atoms with Gasteiger partial charge in [0.15, 0.2) is 0 Å². The molecule has 190 valence electrons. The highest BCUT2D eigenvalue weighted by molar-refractivity contribution is 6.31. The molecule has 2 aromatic carbocycles. The zero-order valence-electron chi connectivity index (χ0n) is 19.8. The summed E-state index contributed by atoms with van der Waals surface area (Å²) in [6, 6.07) is 11.2. The Bertz CT molecular complexity index is 1550. The Hall–Kier alpha value is -4.22. The minimum atomic E-state index is -1.15. The summed E-state index contributed by atoms with van der Waals surface area (Å²) in [5.41, 5.74) is 8.25. The summed E-state index contributed by atoms with van der Waals surface area (Å²) >= 11 is 6.08. The summed E-state index contributed by atoms with van der Waals surface area (Å²) in [5.74, 6) is -0.490. The number of carbonyl (C=O) groups excluding carboxylic acids is 2. The van der Waals surface area contributed by atoms with Gasteiger partial charge in [0, 0.05) is 41.1 Å². The first kappa shape index (κ1) is 24.5. The van der Waals surface area contributed by atoms with Crippen LogP contribution < -0.4 is 5.73 Å². The van der Waals surface area contributed by atoms with Crippen LogP contribution in [0, 0.1) is 0 Å². The van der Waals surface area contributed by atoms with E-state index in [0.717, 1.165) is 10.1 Å². The van der Waals surface area contributed by atoms with Crippen LogP contribution in [-0.4, -0.2) is 73.7 Å². The largest absolute Gasteiger partial charge is 0.467 e. The molecule has 1 aliphatic rings. The highest BCUT2D eigenvalue weighted by atomic mass is 35.5. The molecule has 2 aromatic heterocycles. The van der Waals surface area contributed by atoms with E-state index in [-0.39, 0.29) is 32.1 Å². The lowest BCUT2D eigenvalue weighted by atomic mass is 10.1. The van der Waals surface area contributed by atoms with Crippen LogP contribution in [0.2, 0.25) is 5.02 Å². The van der Waals surface area contributed by atoms with Crippen LogP contribution in [0.4, 0.5) is 10.6 Å². The number of nitrogens with zero attached hydrogens (tertiary/aromatic N) is 5. The van der Waals surface area contributed by atoms with Gasteiger partial charge in [0.25, 0.3) is 0 Å². The Morgan fingerprint density at radius 2 is 1.97 bits per heavy atom. The summed E-state index contributed by atoms with van der Waals surface area (Å²) in [7, 11) is 1.27. The first-order valence-corrected chi connectivity index (χ1v) is 11.7. The van der Waals surface area contributed by atoms with E-state index in [1.54, 1.807) is 41.3 Å². The molecule has 0 radical (unpaired) electrons. The third-order valence-corrected chi connectivity index (χ3v) is 6.70. The summed E-state index contributed by atoms with van der Waals surface area (Å²) in [6.45, 7) is 0.471. The molecule has 37 heavy (non-hydrogen) atoms. The summed E-state index contributed by atoms with van der Waals surface area (Å²) < 4.78 is 6.17. The van der Waals surface area contributed by atoms with E-state index in [2.05, 4.69) is 9.97 Å². The normalized spacial score (nSPS) is 16.4. The lowest BCUT2D eigenvalue weighted by Crippen LogP contribution is -2.58. The molecule has 0 aliphatic carbocycles. The molecular weight excluding hydrogens is 500 g/mol. The van der Waals surface area contributed by atoms with E-state index in [9.17, 15) is 19.5 Å². The van der Waals surface area contributed by atoms with Crippen molar-refractivity contribution in [1.29, 1.82) is 0 Å². The summed E-state index contributed by atoms with van der Waals surface area (Å²) in [6.07, 6.45) is 0.218. The SMILES string of the molecule is COC(=O)C1CN(Cc2cc3cc(Cl)ccc3n2C(=O)O)CC(=O)N1Cc1ccc2c(N)ncnc2c1. The number of nitrogen functional groups attached to an aromatic ring is 1. The van der Waals surface area contributed by atoms with E-state index in [1.807, 2.05) is 6.07 Å². The number of fused-ring (bicyclic) bond motifs is 2. The van der Waals surface area contributed by atoms with E-state index >= 15 is 0 Å². The van der Waals surface area contributed by atoms with Crippen molar-refractivity contribution >= 4 is 57.2 Å². The first-order chi connectivity index (χ1) is 17.7. The lowest BCUT2D eigenvalue weighted by molar-refractivity contribution is -0.159. The Balaban J connectivity index is 1.41. The van der Waals surface area contributed by atoms with Gasteiger partial charge in [0.2, 0.25) is 5.91 Å². The van der Waals surface area contributed by atoms with Crippen molar-refractivity contribution < 1.29 is 24.2 Å². The number of halogens is 1. The minimum Gasteiger partial charge on any atom is -0.467 e. The Kier molecular flexibility index (Phi) is 6.40. The van der Waals surface area contributed by atoms with Crippen molar-refractivity contribution in [2.75, 3.05) is 25.9 Å². The number of aromatic nitrogens is 3. The number of amides is 1. The number of anilines is 1. The zero-order valence-corrected chi connectivity index (χ0v) is 20.6. The van der Waals surface area contributed by atoms with Crippen LogP contribution in [0.15, 0.2) is 48.8 Å². The third-order valence-electron chi connectivity index (χ3n) is 6.46. The van der Waals surface area contributed by atoms with Gasteiger partial charge in [-0.05, 0) is 42.0 Å². The third kappa shape index (κ3) is 4.66. The van der Waals surface area contributed by atoms with Crippen molar-refractivity contribution in [3.8, 4) is 0 Å².